The van der Waals surface area contributed by atoms with Gasteiger partial charge in [0.25, 0.3) is 5.56 Å². The van der Waals surface area contributed by atoms with Crippen LogP contribution >= 0.6 is 23.1 Å². The summed E-state index contributed by atoms with van der Waals surface area (Å²) in [5, 5.41) is 10.9. The number of aliphatic hydroxyl groups excluding tert-OH is 1. The fourth-order valence-corrected chi connectivity index (χ4v) is 2.67. The summed E-state index contributed by atoms with van der Waals surface area (Å²) in [5.41, 5.74) is 0.674. The molecule has 0 saturated heterocycles. The molecule has 0 saturated carbocycles. The minimum atomic E-state index is -0.0766. The number of nitrogens with one attached hydrogen (secondary N) is 1. The Morgan fingerprint density at radius 1 is 1.69 bits per heavy atom. The number of rotatable bonds is 4. The van der Waals surface area contributed by atoms with Gasteiger partial charge in [-0.25, -0.2) is 4.98 Å². The second kappa shape index (κ2) is 4.99. The summed E-state index contributed by atoms with van der Waals surface area (Å²) in [5.74, 6) is 1.28. The van der Waals surface area contributed by atoms with Gasteiger partial charge < -0.3 is 10.1 Å². The van der Waals surface area contributed by atoms with Crippen molar-refractivity contribution in [3.8, 4) is 0 Å². The first-order chi connectivity index (χ1) is 7.70. The van der Waals surface area contributed by atoms with Crippen molar-refractivity contribution in [3.63, 3.8) is 0 Å². The van der Waals surface area contributed by atoms with Crippen molar-refractivity contribution in [2.45, 2.75) is 17.9 Å². The van der Waals surface area contributed by atoms with Crippen LogP contribution in [0.5, 0.6) is 0 Å². The van der Waals surface area contributed by atoms with E-state index in [1.807, 2.05) is 18.4 Å². The fourth-order valence-electron chi connectivity index (χ4n) is 1.26. The van der Waals surface area contributed by atoms with Crippen LogP contribution in [0.2, 0.25) is 0 Å². The molecular formula is C10H12N2O2S2. The molecule has 6 heteroatoms. The van der Waals surface area contributed by atoms with Crippen molar-refractivity contribution in [3.05, 3.63) is 27.6 Å². The number of aliphatic hydroxyl groups is 1. The molecule has 0 aliphatic carbocycles. The van der Waals surface area contributed by atoms with E-state index in [2.05, 4.69) is 9.97 Å². The molecule has 1 atom stereocenters. The van der Waals surface area contributed by atoms with E-state index in [-0.39, 0.29) is 17.4 Å². The minimum absolute atomic E-state index is 0.0766. The normalized spacial score (nSPS) is 13.1. The molecule has 2 rings (SSSR count). The lowest BCUT2D eigenvalue weighted by atomic mass is 10.4. The highest BCUT2D eigenvalue weighted by Crippen LogP contribution is 2.17. The number of aromatic nitrogens is 2. The van der Waals surface area contributed by atoms with E-state index in [9.17, 15) is 4.79 Å². The molecule has 86 valence electrons. The maximum absolute atomic E-state index is 11.6. The lowest BCUT2D eigenvalue weighted by molar-refractivity contribution is 0.300. The SMILES string of the molecule is CC(CO)SCc1nc2ccsc2c(=O)[nH]1. The van der Waals surface area contributed by atoms with Crippen molar-refractivity contribution in [1.82, 2.24) is 9.97 Å². The number of thioether (sulfide) groups is 1. The number of fused-ring (bicyclic) bond motifs is 1. The molecule has 16 heavy (non-hydrogen) atoms. The molecule has 1 unspecified atom stereocenters. The Kier molecular flexibility index (Phi) is 3.63. The van der Waals surface area contributed by atoms with E-state index in [4.69, 9.17) is 5.11 Å². The molecule has 0 amide bonds. The zero-order chi connectivity index (χ0) is 11.5. The van der Waals surface area contributed by atoms with Crippen molar-refractivity contribution in [2.75, 3.05) is 6.61 Å². The highest BCUT2D eigenvalue weighted by Gasteiger charge is 2.06. The van der Waals surface area contributed by atoms with Gasteiger partial charge in [0.05, 0.1) is 17.9 Å². The Morgan fingerprint density at radius 3 is 3.25 bits per heavy atom. The maximum Gasteiger partial charge on any atom is 0.268 e. The summed E-state index contributed by atoms with van der Waals surface area (Å²) in [7, 11) is 0. The minimum Gasteiger partial charge on any atom is -0.395 e. The number of nitrogens with zero attached hydrogens (tertiary/aromatic N) is 1. The summed E-state index contributed by atoms with van der Waals surface area (Å²) in [4.78, 5) is 18.7. The molecule has 2 aromatic rings. The summed E-state index contributed by atoms with van der Waals surface area (Å²) in [6.45, 7) is 2.07. The summed E-state index contributed by atoms with van der Waals surface area (Å²) in [6.07, 6.45) is 0. The highest BCUT2D eigenvalue weighted by atomic mass is 32.2. The van der Waals surface area contributed by atoms with Gasteiger partial charge in [-0.15, -0.1) is 23.1 Å². The van der Waals surface area contributed by atoms with Gasteiger partial charge in [-0.2, -0.15) is 0 Å². The maximum atomic E-state index is 11.6. The smallest absolute Gasteiger partial charge is 0.268 e. The first kappa shape index (κ1) is 11.6. The zero-order valence-electron chi connectivity index (χ0n) is 8.77. The van der Waals surface area contributed by atoms with Gasteiger partial charge in [0.1, 0.15) is 10.5 Å². The van der Waals surface area contributed by atoms with E-state index in [1.54, 1.807) is 11.8 Å². The van der Waals surface area contributed by atoms with Gasteiger partial charge in [0.15, 0.2) is 0 Å². The van der Waals surface area contributed by atoms with Crippen LogP contribution in [0.15, 0.2) is 16.2 Å². The number of H-pyrrole nitrogens is 1. The van der Waals surface area contributed by atoms with Crippen LogP contribution in [0.25, 0.3) is 10.2 Å². The van der Waals surface area contributed by atoms with Gasteiger partial charge in [0, 0.05) is 5.25 Å². The Hall–Kier alpha value is -0.850. The Balaban J connectivity index is 2.22. The van der Waals surface area contributed by atoms with Crippen LogP contribution in [0.1, 0.15) is 12.7 Å². The summed E-state index contributed by atoms with van der Waals surface area (Å²) < 4.78 is 0.670. The van der Waals surface area contributed by atoms with Crippen molar-refractivity contribution in [2.24, 2.45) is 0 Å². The second-order valence-electron chi connectivity index (χ2n) is 3.45. The van der Waals surface area contributed by atoms with E-state index < -0.39 is 0 Å². The Labute approximate surface area is 101 Å². The third-order valence-electron chi connectivity index (χ3n) is 2.13. The topological polar surface area (TPSA) is 66.0 Å². The van der Waals surface area contributed by atoms with Crippen LogP contribution in [0.4, 0.5) is 0 Å². The van der Waals surface area contributed by atoms with Crippen molar-refractivity contribution in [1.29, 1.82) is 0 Å². The van der Waals surface area contributed by atoms with Crippen LogP contribution < -0.4 is 5.56 Å². The van der Waals surface area contributed by atoms with Gasteiger partial charge in [-0.3, -0.25) is 4.79 Å². The summed E-state index contributed by atoms with van der Waals surface area (Å²) >= 11 is 2.97. The number of aromatic amines is 1. The van der Waals surface area contributed by atoms with E-state index in [0.29, 0.717) is 16.3 Å². The Bertz CT molecular complexity index is 535. The van der Waals surface area contributed by atoms with Crippen LogP contribution in [0.3, 0.4) is 0 Å². The molecule has 0 radical (unpaired) electrons. The third kappa shape index (κ3) is 2.45. The van der Waals surface area contributed by atoms with Crippen molar-refractivity contribution < 1.29 is 5.11 Å². The fraction of sp³-hybridized carbons (Fsp3) is 0.400. The quantitative estimate of drug-likeness (QED) is 0.872. The Morgan fingerprint density at radius 2 is 2.50 bits per heavy atom. The molecule has 2 aromatic heterocycles. The molecule has 0 fully saturated rings. The average Bonchev–Trinajstić information content (AvgIpc) is 2.74. The van der Waals surface area contributed by atoms with Gasteiger partial charge in [0.2, 0.25) is 0 Å². The second-order valence-corrected chi connectivity index (χ2v) is 5.79. The standard InChI is InChI=1S/C10H12N2O2S2/c1-6(4-13)16-5-8-11-7-2-3-15-9(7)10(14)12-8/h2-3,6,13H,4-5H2,1H3,(H,11,12,14). The average molecular weight is 256 g/mol. The van der Waals surface area contributed by atoms with Gasteiger partial charge in [-0.1, -0.05) is 6.92 Å². The van der Waals surface area contributed by atoms with Crippen molar-refractivity contribution >= 4 is 33.3 Å². The zero-order valence-corrected chi connectivity index (χ0v) is 10.4. The summed E-state index contributed by atoms with van der Waals surface area (Å²) in [6, 6.07) is 1.85. The predicted octanol–water partition coefficient (Wildman–Crippen LogP) is 1.60. The molecular weight excluding hydrogens is 244 g/mol. The van der Waals surface area contributed by atoms with Crippen LogP contribution in [-0.2, 0) is 5.75 Å². The monoisotopic (exact) mass is 256 g/mol. The lowest BCUT2D eigenvalue weighted by Gasteiger charge is -2.06. The number of thiophene rings is 1. The van der Waals surface area contributed by atoms with Crippen LogP contribution in [-0.4, -0.2) is 26.9 Å². The molecule has 0 bridgehead atoms. The third-order valence-corrected chi connectivity index (χ3v) is 4.19. The predicted molar refractivity (Wildman–Crippen MR) is 68.1 cm³/mol. The van der Waals surface area contributed by atoms with Crippen LogP contribution in [0, 0.1) is 0 Å². The molecule has 0 aliphatic heterocycles. The van der Waals surface area contributed by atoms with E-state index in [0.717, 1.165) is 5.52 Å². The number of hydrogen-bond donors (Lipinski definition) is 2. The molecule has 0 aromatic carbocycles. The molecule has 0 aliphatic rings. The molecule has 0 spiro atoms. The van der Waals surface area contributed by atoms with Gasteiger partial charge >= 0.3 is 0 Å². The molecule has 4 nitrogen and oxygen atoms in total. The van der Waals surface area contributed by atoms with Gasteiger partial charge in [-0.05, 0) is 11.4 Å². The van der Waals surface area contributed by atoms with E-state index in [1.165, 1.54) is 11.3 Å². The molecule has 2 N–H and O–H groups in total. The largest absolute Gasteiger partial charge is 0.395 e. The molecule has 2 heterocycles. The highest BCUT2D eigenvalue weighted by molar-refractivity contribution is 7.99. The lowest BCUT2D eigenvalue weighted by Crippen LogP contribution is -2.11. The first-order valence-corrected chi connectivity index (χ1v) is 6.82. The number of hydrogen-bond acceptors (Lipinski definition) is 5. The first-order valence-electron chi connectivity index (χ1n) is 4.89. The van der Waals surface area contributed by atoms with E-state index >= 15 is 0 Å².